The molecule has 0 spiro atoms. The van der Waals surface area contributed by atoms with Gasteiger partial charge in [-0.25, -0.2) is 9.18 Å². The largest absolute Gasteiger partial charge is 0.464 e. The molecule has 0 unspecified atom stereocenters. The second-order valence-corrected chi connectivity index (χ2v) is 5.16. The van der Waals surface area contributed by atoms with Gasteiger partial charge >= 0.3 is 5.97 Å². The van der Waals surface area contributed by atoms with E-state index in [9.17, 15) is 9.18 Å². The molecular weight excluding hydrogens is 273 g/mol. The Kier molecular flexibility index (Phi) is 3.37. The molecule has 1 aromatic carbocycles. The number of rotatable bonds is 4. The Hall–Kier alpha value is -2.37. The van der Waals surface area contributed by atoms with Gasteiger partial charge in [-0.2, -0.15) is 5.10 Å². The van der Waals surface area contributed by atoms with E-state index >= 15 is 0 Å². The zero-order valence-corrected chi connectivity index (χ0v) is 11.7. The summed E-state index contributed by atoms with van der Waals surface area (Å²) in [6.45, 7) is 0.250. The van der Waals surface area contributed by atoms with Crippen molar-refractivity contribution in [1.29, 1.82) is 0 Å². The van der Waals surface area contributed by atoms with Gasteiger partial charge in [0, 0.05) is 11.5 Å². The third-order valence-electron chi connectivity index (χ3n) is 3.65. The summed E-state index contributed by atoms with van der Waals surface area (Å²) in [6.07, 6.45) is 2.02. The predicted molar refractivity (Wildman–Crippen MR) is 75.5 cm³/mol. The summed E-state index contributed by atoms with van der Waals surface area (Å²) in [7, 11) is 1.29. The van der Waals surface area contributed by atoms with Crippen LogP contribution in [-0.2, 0) is 11.3 Å². The Bertz CT molecular complexity index is 692. The smallest absolute Gasteiger partial charge is 0.360 e. The first kappa shape index (κ1) is 13.6. The molecule has 0 amide bonds. The van der Waals surface area contributed by atoms with E-state index in [0.717, 1.165) is 18.5 Å². The van der Waals surface area contributed by atoms with Crippen LogP contribution in [0.5, 0.6) is 0 Å². The van der Waals surface area contributed by atoms with Gasteiger partial charge in [0.1, 0.15) is 5.82 Å². The quantitative estimate of drug-likeness (QED) is 0.877. The second-order valence-electron chi connectivity index (χ2n) is 5.16. The number of hydrogen-bond donors (Lipinski definition) is 1. The molecule has 21 heavy (non-hydrogen) atoms. The number of halogens is 1. The lowest BCUT2D eigenvalue weighted by molar-refractivity contribution is 0.0594. The summed E-state index contributed by atoms with van der Waals surface area (Å²) in [5.41, 5.74) is 7.81. The van der Waals surface area contributed by atoms with E-state index in [-0.39, 0.29) is 18.1 Å². The van der Waals surface area contributed by atoms with Gasteiger partial charge in [0.25, 0.3) is 0 Å². The summed E-state index contributed by atoms with van der Waals surface area (Å²) < 4.78 is 20.1. The molecule has 0 saturated heterocycles. The van der Waals surface area contributed by atoms with Crippen molar-refractivity contribution < 1.29 is 13.9 Å². The number of aromatic nitrogens is 2. The predicted octanol–water partition coefficient (Wildman–Crippen LogP) is 2.32. The lowest BCUT2D eigenvalue weighted by atomic mass is 10.2. The fourth-order valence-corrected chi connectivity index (χ4v) is 2.43. The van der Waals surface area contributed by atoms with Crippen LogP contribution in [0.1, 0.15) is 40.5 Å². The van der Waals surface area contributed by atoms with Crippen LogP contribution in [0.2, 0.25) is 0 Å². The molecule has 110 valence electrons. The Morgan fingerprint density at radius 3 is 2.81 bits per heavy atom. The van der Waals surface area contributed by atoms with Crippen LogP contribution in [0.3, 0.4) is 0 Å². The zero-order valence-electron chi connectivity index (χ0n) is 11.7. The summed E-state index contributed by atoms with van der Waals surface area (Å²) in [4.78, 5) is 11.7. The molecule has 6 heteroatoms. The number of nitrogens with zero attached hydrogens (tertiary/aromatic N) is 2. The summed E-state index contributed by atoms with van der Waals surface area (Å²) in [6, 6.07) is 6.50. The Morgan fingerprint density at radius 2 is 2.19 bits per heavy atom. The highest BCUT2D eigenvalue weighted by Crippen LogP contribution is 2.43. The van der Waals surface area contributed by atoms with Gasteiger partial charge in [0.2, 0.25) is 0 Å². The molecular formula is C15H16FN3O2. The second kappa shape index (κ2) is 5.20. The normalized spacial score (nSPS) is 14.2. The molecule has 3 rings (SSSR count). The van der Waals surface area contributed by atoms with E-state index in [1.54, 1.807) is 22.9 Å². The Balaban J connectivity index is 2.01. The standard InChI is InChI=1S/C15H16FN3O2/c1-21-15(20)13-12(17)14(9-6-7-9)19(18-13)8-10-4-2-3-5-11(10)16/h2-5,9H,6-8,17H2,1H3. The molecule has 0 bridgehead atoms. The number of carbonyl (C=O) groups is 1. The van der Waals surface area contributed by atoms with Crippen LogP contribution in [-0.4, -0.2) is 22.9 Å². The lowest BCUT2D eigenvalue weighted by Crippen LogP contribution is -2.09. The number of benzene rings is 1. The highest BCUT2D eigenvalue weighted by molar-refractivity contribution is 5.93. The number of ether oxygens (including phenoxy) is 1. The van der Waals surface area contributed by atoms with Crippen LogP contribution in [0.25, 0.3) is 0 Å². The van der Waals surface area contributed by atoms with Crippen molar-refractivity contribution in [2.75, 3.05) is 12.8 Å². The van der Waals surface area contributed by atoms with E-state index in [2.05, 4.69) is 5.10 Å². The van der Waals surface area contributed by atoms with Gasteiger partial charge in [-0.15, -0.1) is 0 Å². The van der Waals surface area contributed by atoms with Crippen molar-refractivity contribution in [2.45, 2.75) is 25.3 Å². The lowest BCUT2D eigenvalue weighted by Gasteiger charge is -2.08. The van der Waals surface area contributed by atoms with Crippen LogP contribution < -0.4 is 5.73 Å². The molecule has 0 aliphatic heterocycles. The van der Waals surface area contributed by atoms with Crippen molar-refractivity contribution in [2.24, 2.45) is 0 Å². The number of hydrogen-bond acceptors (Lipinski definition) is 4. The number of nitrogen functional groups attached to an aromatic ring is 1. The molecule has 1 heterocycles. The van der Waals surface area contributed by atoms with Gasteiger partial charge in [-0.3, -0.25) is 4.68 Å². The summed E-state index contributed by atoms with van der Waals surface area (Å²) >= 11 is 0. The summed E-state index contributed by atoms with van der Waals surface area (Å²) in [5.74, 6) is -0.572. The van der Waals surface area contributed by atoms with E-state index in [1.807, 2.05) is 0 Å². The van der Waals surface area contributed by atoms with Gasteiger partial charge in [0.15, 0.2) is 5.69 Å². The molecule has 1 aliphatic rings. The zero-order chi connectivity index (χ0) is 15.0. The van der Waals surface area contributed by atoms with E-state index in [0.29, 0.717) is 17.2 Å². The molecule has 1 fully saturated rings. The van der Waals surface area contributed by atoms with E-state index in [1.165, 1.54) is 13.2 Å². The first-order valence-electron chi connectivity index (χ1n) is 6.79. The topological polar surface area (TPSA) is 70.1 Å². The SMILES string of the molecule is COC(=O)c1nn(Cc2ccccc2F)c(C2CC2)c1N. The van der Waals surface area contributed by atoms with Gasteiger partial charge in [-0.05, 0) is 18.9 Å². The third-order valence-corrected chi connectivity index (χ3v) is 3.65. The minimum atomic E-state index is -0.568. The molecule has 0 atom stereocenters. The average Bonchev–Trinajstić information content (AvgIpc) is 3.26. The van der Waals surface area contributed by atoms with Crippen molar-refractivity contribution >= 4 is 11.7 Å². The summed E-state index contributed by atoms with van der Waals surface area (Å²) in [5, 5.41) is 4.23. The van der Waals surface area contributed by atoms with Gasteiger partial charge in [-0.1, -0.05) is 18.2 Å². The minimum Gasteiger partial charge on any atom is -0.464 e. The van der Waals surface area contributed by atoms with Gasteiger partial charge < -0.3 is 10.5 Å². The first-order chi connectivity index (χ1) is 10.1. The number of methoxy groups -OCH3 is 1. The number of carbonyl (C=O) groups excluding carboxylic acids is 1. The maximum Gasteiger partial charge on any atom is 0.360 e. The van der Waals surface area contributed by atoms with Crippen LogP contribution in [0.15, 0.2) is 24.3 Å². The molecule has 1 aliphatic carbocycles. The number of esters is 1. The Labute approximate surface area is 121 Å². The van der Waals surface area contributed by atoms with Crippen molar-refractivity contribution in [1.82, 2.24) is 9.78 Å². The van der Waals surface area contributed by atoms with Crippen LogP contribution in [0.4, 0.5) is 10.1 Å². The highest BCUT2D eigenvalue weighted by atomic mass is 19.1. The Morgan fingerprint density at radius 1 is 1.48 bits per heavy atom. The molecule has 2 N–H and O–H groups in total. The van der Waals surface area contributed by atoms with Crippen molar-refractivity contribution in [3.63, 3.8) is 0 Å². The fraction of sp³-hybridized carbons (Fsp3) is 0.333. The molecule has 1 aromatic heterocycles. The fourth-order valence-electron chi connectivity index (χ4n) is 2.43. The van der Waals surface area contributed by atoms with Crippen LogP contribution in [0, 0.1) is 5.82 Å². The first-order valence-corrected chi connectivity index (χ1v) is 6.79. The average molecular weight is 289 g/mol. The van der Waals surface area contributed by atoms with Crippen LogP contribution >= 0.6 is 0 Å². The molecule has 5 nitrogen and oxygen atoms in total. The minimum absolute atomic E-state index is 0.107. The monoisotopic (exact) mass is 289 g/mol. The third kappa shape index (κ3) is 2.49. The maximum atomic E-state index is 13.8. The van der Waals surface area contributed by atoms with Crippen molar-refractivity contribution in [3.8, 4) is 0 Å². The van der Waals surface area contributed by atoms with Crippen molar-refractivity contribution in [3.05, 3.63) is 47.0 Å². The number of anilines is 1. The maximum absolute atomic E-state index is 13.8. The molecule has 0 radical (unpaired) electrons. The van der Waals surface area contributed by atoms with E-state index < -0.39 is 5.97 Å². The van der Waals surface area contributed by atoms with Gasteiger partial charge in [0.05, 0.1) is 25.0 Å². The number of nitrogens with two attached hydrogens (primary N) is 1. The highest BCUT2D eigenvalue weighted by Gasteiger charge is 2.33. The molecule has 1 saturated carbocycles. The van der Waals surface area contributed by atoms with E-state index in [4.69, 9.17) is 10.5 Å². The molecule has 2 aromatic rings.